The number of rotatable bonds is 0. The quantitative estimate of drug-likeness (QED) is 0.512. The minimum absolute atomic E-state index is 0.00829. The molecule has 3 aliphatic rings. The van der Waals surface area contributed by atoms with Crippen molar-refractivity contribution in [1.82, 2.24) is 0 Å². The molecule has 4 heteroatoms. The van der Waals surface area contributed by atoms with Gasteiger partial charge in [0.25, 0.3) is 0 Å². The summed E-state index contributed by atoms with van der Waals surface area (Å²) in [5.41, 5.74) is 0.135. The molecule has 3 fully saturated rings. The van der Waals surface area contributed by atoms with Crippen LogP contribution in [0.5, 0.6) is 0 Å². The largest absolute Gasteiger partial charge is 0.461 e. The number of hydrogen-bond acceptors (Lipinski definition) is 4. The first-order chi connectivity index (χ1) is 8.83. The molecule has 1 saturated heterocycles. The van der Waals surface area contributed by atoms with E-state index in [0.717, 1.165) is 18.4 Å². The summed E-state index contributed by atoms with van der Waals surface area (Å²) in [7, 11) is 0. The molecule has 0 aromatic heterocycles. The summed E-state index contributed by atoms with van der Waals surface area (Å²) >= 11 is 0. The van der Waals surface area contributed by atoms with Crippen molar-refractivity contribution in [2.75, 3.05) is 0 Å². The van der Waals surface area contributed by atoms with Crippen molar-refractivity contribution < 1.29 is 19.7 Å². The third kappa shape index (κ3) is 1.77. The van der Waals surface area contributed by atoms with Gasteiger partial charge in [-0.15, -0.1) is 0 Å². The van der Waals surface area contributed by atoms with Crippen LogP contribution in [0, 0.1) is 23.7 Å². The zero-order valence-electron chi connectivity index (χ0n) is 11.5. The number of ether oxygens (including phenoxy) is 1. The number of esters is 1. The third-order valence-corrected chi connectivity index (χ3v) is 5.48. The monoisotopic (exact) mass is 266 g/mol. The Hall–Kier alpha value is -0.870. The summed E-state index contributed by atoms with van der Waals surface area (Å²) in [5.74, 6) is -0.727. The molecule has 0 unspecified atom stereocenters. The molecule has 4 nitrogen and oxygen atoms in total. The molecule has 1 aliphatic heterocycles. The maximum atomic E-state index is 11.8. The summed E-state index contributed by atoms with van der Waals surface area (Å²) in [4.78, 5) is 11.8. The van der Waals surface area contributed by atoms with Gasteiger partial charge in [0.1, 0.15) is 6.10 Å². The second kappa shape index (κ2) is 4.06. The van der Waals surface area contributed by atoms with Gasteiger partial charge in [-0.05, 0) is 25.7 Å². The van der Waals surface area contributed by atoms with E-state index in [-0.39, 0.29) is 35.7 Å². The van der Waals surface area contributed by atoms with E-state index >= 15 is 0 Å². The maximum Gasteiger partial charge on any atom is 0.309 e. The van der Waals surface area contributed by atoms with Crippen LogP contribution in [0.1, 0.15) is 33.1 Å². The maximum absolute atomic E-state index is 11.8. The van der Waals surface area contributed by atoms with Gasteiger partial charge in [-0.1, -0.05) is 19.1 Å². The fraction of sp³-hybridized carbons (Fsp3) is 0.800. The minimum Gasteiger partial charge on any atom is -0.461 e. The van der Waals surface area contributed by atoms with Crippen molar-refractivity contribution in [1.29, 1.82) is 0 Å². The normalized spacial score (nSPS) is 53.5. The average Bonchev–Trinajstić information content (AvgIpc) is 2.78. The zero-order valence-corrected chi connectivity index (χ0v) is 11.5. The Kier molecular flexibility index (Phi) is 2.81. The molecule has 0 aromatic rings. The Morgan fingerprint density at radius 1 is 1.47 bits per heavy atom. The average molecular weight is 266 g/mol. The smallest absolute Gasteiger partial charge is 0.309 e. The van der Waals surface area contributed by atoms with Crippen LogP contribution in [0.2, 0.25) is 0 Å². The first-order valence-corrected chi connectivity index (χ1v) is 7.11. The number of carbonyl (C=O) groups is 1. The SMILES string of the molecule is C=C1CC[C@@H]2[C@H]1[C@H]1OC(=O)[C@@H](C)[C@@H]1[C@@H](O)C[C@@]2(C)O. The Balaban J connectivity index is 2.04. The number of aliphatic hydroxyl groups is 2. The van der Waals surface area contributed by atoms with Crippen LogP contribution < -0.4 is 0 Å². The molecule has 1 heterocycles. The Morgan fingerprint density at radius 3 is 2.84 bits per heavy atom. The van der Waals surface area contributed by atoms with Crippen LogP contribution in [0.25, 0.3) is 0 Å². The van der Waals surface area contributed by atoms with E-state index in [0.29, 0.717) is 6.42 Å². The lowest BCUT2D eigenvalue weighted by Crippen LogP contribution is -2.39. The van der Waals surface area contributed by atoms with Crippen LogP contribution in [-0.2, 0) is 9.53 Å². The van der Waals surface area contributed by atoms with Gasteiger partial charge in [-0.3, -0.25) is 4.79 Å². The highest BCUT2D eigenvalue weighted by molar-refractivity contribution is 5.75. The lowest BCUT2D eigenvalue weighted by atomic mass is 9.77. The number of carbonyl (C=O) groups excluding carboxylic acids is 1. The van der Waals surface area contributed by atoms with Crippen LogP contribution in [0.4, 0.5) is 0 Å². The highest BCUT2D eigenvalue weighted by Crippen LogP contribution is 2.53. The highest BCUT2D eigenvalue weighted by Gasteiger charge is 2.59. The molecule has 0 aromatic carbocycles. The van der Waals surface area contributed by atoms with Crippen molar-refractivity contribution in [3.8, 4) is 0 Å². The van der Waals surface area contributed by atoms with Crippen molar-refractivity contribution >= 4 is 5.97 Å². The molecule has 0 bridgehead atoms. The Bertz CT molecular complexity index is 428. The molecule has 106 valence electrons. The highest BCUT2D eigenvalue weighted by atomic mass is 16.6. The molecular formula is C15H22O4. The molecule has 7 atom stereocenters. The van der Waals surface area contributed by atoms with E-state index in [9.17, 15) is 15.0 Å². The molecule has 2 aliphatic carbocycles. The van der Waals surface area contributed by atoms with E-state index in [1.807, 2.05) is 6.92 Å². The molecular weight excluding hydrogens is 244 g/mol. The van der Waals surface area contributed by atoms with Gasteiger partial charge in [0.05, 0.1) is 17.6 Å². The van der Waals surface area contributed by atoms with E-state index in [1.165, 1.54) is 0 Å². The van der Waals surface area contributed by atoms with E-state index in [1.54, 1.807) is 6.92 Å². The van der Waals surface area contributed by atoms with Crippen molar-refractivity contribution in [3.05, 3.63) is 12.2 Å². The fourth-order valence-electron chi connectivity index (χ4n) is 4.47. The standard InChI is InChI=1S/C15H22O4/c1-7-4-5-9-11(7)13-12(8(2)14(17)19-13)10(16)6-15(9,3)18/h8-13,16,18H,1,4-6H2,2-3H3/t8-,9+,10-,11-,12+,13+,15+/m0/s1. The predicted molar refractivity (Wildman–Crippen MR) is 69.1 cm³/mol. The van der Waals surface area contributed by atoms with E-state index in [4.69, 9.17) is 4.74 Å². The first-order valence-electron chi connectivity index (χ1n) is 7.11. The fourth-order valence-corrected chi connectivity index (χ4v) is 4.47. The lowest BCUT2D eigenvalue weighted by Gasteiger charge is -2.33. The Labute approximate surface area is 113 Å². The van der Waals surface area contributed by atoms with Gasteiger partial charge in [0, 0.05) is 18.3 Å². The molecule has 2 N–H and O–H groups in total. The van der Waals surface area contributed by atoms with E-state index < -0.39 is 11.7 Å². The van der Waals surface area contributed by atoms with Gasteiger partial charge < -0.3 is 14.9 Å². The summed E-state index contributed by atoms with van der Waals surface area (Å²) < 4.78 is 5.53. The van der Waals surface area contributed by atoms with Crippen LogP contribution in [0.15, 0.2) is 12.2 Å². The molecule has 0 spiro atoms. The van der Waals surface area contributed by atoms with Gasteiger partial charge in [-0.25, -0.2) is 0 Å². The van der Waals surface area contributed by atoms with Crippen LogP contribution >= 0.6 is 0 Å². The third-order valence-electron chi connectivity index (χ3n) is 5.48. The van der Waals surface area contributed by atoms with Gasteiger partial charge in [0.2, 0.25) is 0 Å². The predicted octanol–water partition coefficient (Wildman–Crippen LogP) is 1.26. The van der Waals surface area contributed by atoms with Gasteiger partial charge >= 0.3 is 5.97 Å². The summed E-state index contributed by atoms with van der Waals surface area (Å²) in [5, 5.41) is 21.1. The van der Waals surface area contributed by atoms with Crippen molar-refractivity contribution in [2.45, 2.75) is 50.9 Å². The number of aliphatic hydroxyl groups excluding tert-OH is 1. The summed E-state index contributed by atoms with van der Waals surface area (Å²) in [6.45, 7) is 7.70. The van der Waals surface area contributed by atoms with E-state index in [2.05, 4.69) is 6.58 Å². The number of hydrogen-bond donors (Lipinski definition) is 2. The molecule has 0 radical (unpaired) electrons. The summed E-state index contributed by atoms with van der Waals surface area (Å²) in [6.07, 6.45) is 1.03. The second-order valence-corrected chi connectivity index (χ2v) is 6.73. The van der Waals surface area contributed by atoms with Crippen molar-refractivity contribution in [2.24, 2.45) is 23.7 Å². The summed E-state index contributed by atoms with van der Waals surface area (Å²) in [6, 6.07) is 0. The minimum atomic E-state index is -0.917. The zero-order chi connectivity index (χ0) is 13.9. The van der Waals surface area contributed by atoms with Crippen LogP contribution in [-0.4, -0.2) is 34.0 Å². The van der Waals surface area contributed by atoms with Gasteiger partial charge in [0.15, 0.2) is 0 Å². The second-order valence-electron chi connectivity index (χ2n) is 6.73. The molecule has 19 heavy (non-hydrogen) atoms. The van der Waals surface area contributed by atoms with Gasteiger partial charge in [-0.2, -0.15) is 0 Å². The topological polar surface area (TPSA) is 66.8 Å². The Morgan fingerprint density at radius 2 is 2.16 bits per heavy atom. The van der Waals surface area contributed by atoms with Crippen molar-refractivity contribution in [3.63, 3.8) is 0 Å². The van der Waals surface area contributed by atoms with Crippen LogP contribution in [0.3, 0.4) is 0 Å². The molecule has 3 rings (SSSR count). The molecule has 0 amide bonds. The lowest BCUT2D eigenvalue weighted by molar-refractivity contribution is -0.146. The molecule has 2 saturated carbocycles. The first kappa shape index (κ1) is 13.1. The number of fused-ring (bicyclic) bond motifs is 3.